The van der Waals surface area contributed by atoms with Gasteiger partial charge in [-0.2, -0.15) is 0 Å². The van der Waals surface area contributed by atoms with Crippen LogP contribution in [0.2, 0.25) is 0 Å². The molecular weight excluding hydrogens is 350 g/mol. The molecule has 0 saturated carbocycles. The van der Waals surface area contributed by atoms with Gasteiger partial charge in [0, 0.05) is 44.7 Å². The lowest BCUT2D eigenvalue weighted by molar-refractivity contribution is 0.0121. The van der Waals surface area contributed by atoms with Crippen molar-refractivity contribution in [3.63, 3.8) is 0 Å². The van der Waals surface area contributed by atoms with Crippen LogP contribution in [0.25, 0.3) is 0 Å². The lowest BCUT2D eigenvalue weighted by Crippen LogP contribution is -2.49. The second kappa shape index (κ2) is 8.60. The van der Waals surface area contributed by atoms with Crippen molar-refractivity contribution in [3.8, 4) is 11.5 Å². The van der Waals surface area contributed by atoms with Crippen LogP contribution in [0.15, 0.2) is 18.2 Å². The summed E-state index contributed by atoms with van der Waals surface area (Å²) in [6.45, 7) is 11.0. The van der Waals surface area contributed by atoms with E-state index in [1.54, 1.807) is 7.11 Å². The van der Waals surface area contributed by atoms with Gasteiger partial charge < -0.3 is 19.3 Å². The van der Waals surface area contributed by atoms with Gasteiger partial charge in [0.05, 0.1) is 7.11 Å². The average Bonchev–Trinajstić information content (AvgIpc) is 2.85. The topological polar surface area (TPSA) is 28.2 Å². The van der Waals surface area contributed by atoms with Gasteiger partial charge in [0.15, 0.2) is 0 Å². The van der Waals surface area contributed by atoms with Crippen molar-refractivity contribution in [2.24, 2.45) is 5.41 Å². The standard InChI is InChI=1S/C23H39N3O2/c1-22(2,16-24(3)4)17-26-15-19-14-20(27-6)8-9-21(19)28-23(18-26)10-7-12-25(5)13-11-23/h8-9,14H,7,10-13,15-18H2,1-6H3/t23-/m1/s1. The molecule has 0 bridgehead atoms. The van der Waals surface area contributed by atoms with Crippen LogP contribution in [-0.4, -0.2) is 81.3 Å². The number of methoxy groups -OCH3 is 1. The van der Waals surface area contributed by atoms with Crippen LogP contribution in [0, 0.1) is 5.41 Å². The van der Waals surface area contributed by atoms with Crippen LogP contribution in [0.5, 0.6) is 11.5 Å². The molecule has 0 unspecified atom stereocenters. The number of nitrogens with zero attached hydrogens (tertiary/aromatic N) is 3. The Morgan fingerprint density at radius 2 is 2.00 bits per heavy atom. The molecule has 1 fully saturated rings. The van der Waals surface area contributed by atoms with Gasteiger partial charge in [-0.25, -0.2) is 0 Å². The van der Waals surface area contributed by atoms with Crippen molar-refractivity contribution in [2.45, 2.75) is 45.3 Å². The van der Waals surface area contributed by atoms with Crippen molar-refractivity contribution in [2.75, 3.05) is 61.0 Å². The number of likely N-dealkylation sites (tertiary alicyclic amines) is 1. The smallest absolute Gasteiger partial charge is 0.124 e. The van der Waals surface area contributed by atoms with Gasteiger partial charge >= 0.3 is 0 Å². The molecule has 3 rings (SSSR count). The molecule has 1 atom stereocenters. The quantitative estimate of drug-likeness (QED) is 0.770. The first-order valence-electron chi connectivity index (χ1n) is 10.6. The molecule has 0 N–H and O–H groups in total. The summed E-state index contributed by atoms with van der Waals surface area (Å²) in [5.41, 5.74) is 1.36. The normalized spacial score (nSPS) is 24.5. The van der Waals surface area contributed by atoms with E-state index in [9.17, 15) is 0 Å². The van der Waals surface area contributed by atoms with Crippen LogP contribution in [0.1, 0.15) is 38.7 Å². The first-order chi connectivity index (χ1) is 13.2. The molecule has 158 valence electrons. The number of hydrogen-bond donors (Lipinski definition) is 0. The first-order valence-corrected chi connectivity index (χ1v) is 10.6. The molecule has 0 amide bonds. The van der Waals surface area contributed by atoms with Crippen LogP contribution in [0.3, 0.4) is 0 Å². The summed E-state index contributed by atoms with van der Waals surface area (Å²) in [4.78, 5) is 7.36. The van der Waals surface area contributed by atoms with Gasteiger partial charge in [-0.05, 0) is 64.1 Å². The maximum absolute atomic E-state index is 6.80. The highest BCUT2D eigenvalue weighted by Crippen LogP contribution is 2.38. The number of benzene rings is 1. The molecule has 0 radical (unpaired) electrons. The molecule has 1 aromatic rings. The predicted octanol–water partition coefficient (Wildman–Crippen LogP) is 3.33. The summed E-state index contributed by atoms with van der Waals surface area (Å²) in [5.74, 6) is 1.95. The van der Waals surface area contributed by atoms with E-state index < -0.39 is 0 Å². The van der Waals surface area contributed by atoms with Crippen LogP contribution >= 0.6 is 0 Å². The van der Waals surface area contributed by atoms with Gasteiger partial charge in [-0.15, -0.1) is 0 Å². The van der Waals surface area contributed by atoms with E-state index in [0.717, 1.165) is 63.6 Å². The van der Waals surface area contributed by atoms with Crippen molar-refractivity contribution >= 4 is 0 Å². The predicted molar refractivity (Wildman–Crippen MR) is 115 cm³/mol. The minimum Gasteiger partial charge on any atom is -0.497 e. The highest BCUT2D eigenvalue weighted by Gasteiger charge is 2.40. The van der Waals surface area contributed by atoms with Crippen LogP contribution in [-0.2, 0) is 6.54 Å². The highest BCUT2D eigenvalue weighted by atomic mass is 16.5. The molecule has 1 saturated heterocycles. The van der Waals surface area contributed by atoms with E-state index in [-0.39, 0.29) is 11.0 Å². The van der Waals surface area contributed by atoms with Crippen molar-refractivity contribution in [1.82, 2.24) is 14.7 Å². The van der Waals surface area contributed by atoms with Gasteiger partial charge in [0.25, 0.3) is 0 Å². The van der Waals surface area contributed by atoms with Gasteiger partial charge in [0.1, 0.15) is 17.1 Å². The lowest BCUT2D eigenvalue weighted by Gasteiger charge is -2.39. The minimum absolute atomic E-state index is 0.0984. The Bertz CT molecular complexity index is 661. The summed E-state index contributed by atoms with van der Waals surface area (Å²) in [7, 11) is 8.29. The second-order valence-corrected chi connectivity index (χ2v) is 9.96. The van der Waals surface area contributed by atoms with Crippen molar-refractivity contribution < 1.29 is 9.47 Å². The molecule has 5 heteroatoms. The van der Waals surface area contributed by atoms with E-state index in [2.05, 4.69) is 61.8 Å². The highest BCUT2D eigenvalue weighted by molar-refractivity contribution is 5.41. The summed E-state index contributed by atoms with van der Waals surface area (Å²) >= 11 is 0. The molecule has 2 aliphatic heterocycles. The molecule has 28 heavy (non-hydrogen) atoms. The SMILES string of the molecule is COc1ccc2c(c1)CN(CC(C)(C)CN(C)C)C[C@]1(CCCN(C)CC1)O2. The summed E-state index contributed by atoms with van der Waals surface area (Å²) in [5, 5.41) is 0. The number of rotatable bonds is 5. The Labute approximate surface area is 171 Å². The number of ether oxygens (including phenoxy) is 2. The molecule has 0 aliphatic carbocycles. The molecular formula is C23H39N3O2. The Kier molecular flexibility index (Phi) is 6.58. The molecule has 2 heterocycles. The fourth-order valence-corrected chi connectivity index (χ4v) is 5.06. The average molecular weight is 390 g/mol. The summed E-state index contributed by atoms with van der Waals surface area (Å²) < 4.78 is 12.3. The zero-order valence-electron chi connectivity index (χ0n) is 18.8. The Balaban J connectivity index is 1.90. The Hall–Kier alpha value is -1.30. The third-order valence-corrected chi connectivity index (χ3v) is 6.02. The zero-order chi connectivity index (χ0) is 20.4. The maximum atomic E-state index is 6.80. The molecule has 2 aliphatic rings. The van der Waals surface area contributed by atoms with E-state index in [0.29, 0.717) is 0 Å². The third kappa shape index (κ3) is 5.40. The van der Waals surface area contributed by atoms with E-state index in [1.807, 2.05) is 6.07 Å². The fourth-order valence-electron chi connectivity index (χ4n) is 5.06. The molecule has 5 nitrogen and oxygen atoms in total. The first kappa shape index (κ1) is 21.4. The van der Waals surface area contributed by atoms with Gasteiger partial charge in [0.2, 0.25) is 0 Å². The fraction of sp³-hybridized carbons (Fsp3) is 0.739. The molecule has 1 spiro atoms. The Morgan fingerprint density at radius 3 is 2.71 bits per heavy atom. The third-order valence-electron chi connectivity index (χ3n) is 6.02. The van der Waals surface area contributed by atoms with Gasteiger partial charge in [-0.3, -0.25) is 4.90 Å². The van der Waals surface area contributed by atoms with Crippen molar-refractivity contribution in [3.05, 3.63) is 23.8 Å². The summed E-state index contributed by atoms with van der Waals surface area (Å²) in [6.07, 6.45) is 3.39. The Morgan fingerprint density at radius 1 is 1.21 bits per heavy atom. The monoisotopic (exact) mass is 389 g/mol. The van der Waals surface area contributed by atoms with Crippen LogP contribution in [0.4, 0.5) is 0 Å². The van der Waals surface area contributed by atoms with E-state index in [4.69, 9.17) is 9.47 Å². The molecule has 0 aromatic heterocycles. The number of hydrogen-bond acceptors (Lipinski definition) is 5. The lowest BCUT2D eigenvalue weighted by atomic mass is 9.89. The van der Waals surface area contributed by atoms with Crippen molar-refractivity contribution in [1.29, 1.82) is 0 Å². The summed E-state index contributed by atoms with van der Waals surface area (Å²) in [6, 6.07) is 6.29. The van der Waals surface area contributed by atoms with E-state index in [1.165, 1.54) is 12.0 Å². The second-order valence-electron chi connectivity index (χ2n) is 9.96. The molecule has 1 aromatic carbocycles. The van der Waals surface area contributed by atoms with E-state index >= 15 is 0 Å². The maximum Gasteiger partial charge on any atom is 0.124 e. The largest absolute Gasteiger partial charge is 0.497 e. The zero-order valence-corrected chi connectivity index (χ0v) is 18.8. The van der Waals surface area contributed by atoms with Gasteiger partial charge in [-0.1, -0.05) is 13.8 Å². The van der Waals surface area contributed by atoms with Crippen LogP contribution < -0.4 is 9.47 Å². The minimum atomic E-state index is -0.0984. The number of fused-ring (bicyclic) bond motifs is 1.